The molecule has 1 aliphatic carbocycles. The van der Waals surface area contributed by atoms with Gasteiger partial charge in [0.1, 0.15) is 6.04 Å². The number of carbonyl (C=O) groups is 3. The minimum Gasteiger partial charge on any atom is -0.466 e. The van der Waals surface area contributed by atoms with Crippen LogP contribution in [0.1, 0.15) is 67.7 Å². The minimum atomic E-state index is -0.704. The van der Waals surface area contributed by atoms with Gasteiger partial charge in [-0.2, -0.15) is 0 Å². The zero-order valence-electron chi connectivity index (χ0n) is 20.8. The van der Waals surface area contributed by atoms with Gasteiger partial charge in [-0.25, -0.2) is 0 Å². The van der Waals surface area contributed by atoms with E-state index in [0.717, 1.165) is 6.42 Å². The zero-order chi connectivity index (χ0) is 24.3. The number of amides is 2. The van der Waals surface area contributed by atoms with E-state index in [1.165, 1.54) is 0 Å². The second-order valence-corrected chi connectivity index (χ2v) is 11.0. The third kappa shape index (κ3) is 5.91. The largest absolute Gasteiger partial charge is 0.466 e. The molecule has 7 nitrogen and oxygen atoms in total. The highest BCUT2D eigenvalue weighted by molar-refractivity contribution is 5.96. The lowest BCUT2D eigenvalue weighted by Gasteiger charge is -2.37. The molecule has 182 valence electrons. The van der Waals surface area contributed by atoms with Crippen molar-refractivity contribution in [1.29, 1.82) is 0 Å². The number of hydrogen-bond donors (Lipinski definition) is 2. The molecule has 2 aliphatic rings. The average molecular weight is 451 g/mol. The van der Waals surface area contributed by atoms with Gasteiger partial charge < -0.3 is 20.1 Å². The Hall–Kier alpha value is -1.89. The number of aliphatic hydroxyl groups excluding tert-OH is 1. The predicted octanol–water partition coefficient (Wildman–Crippen LogP) is 2.92. The van der Waals surface area contributed by atoms with Crippen molar-refractivity contribution in [3.05, 3.63) is 12.2 Å². The number of ether oxygens (including phenoxy) is 1. The number of aliphatic hydroxyl groups is 1. The van der Waals surface area contributed by atoms with Gasteiger partial charge in [-0.3, -0.25) is 14.4 Å². The van der Waals surface area contributed by atoms with Crippen molar-refractivity contribution >= 4 is 17.8 Å². The van der Waals surface area contributed by atoms with Crippen molar-refractivity contribution in [3.63, 3.8) is 0 Å². The van der Waals surface area contributed by atoms with Gasteiger partial charge in [-0.15, -0.1) is 0 Å². The van der Waals surface area contributed by atoms with Crippen molar-refractivity contribution in [1.82, 2.24) is 10.2 Å². The summed E-state index contributed by atoms with van der Waals surface area (Å²) in [5.74, 6) is -2.49. The molecule has 0 aromatic heterocycles. The number of hydrogen-bond acceptors (Lipinski definition) is 5. The molecule has 2 rings (SSSR count). The lowest BCUT2D eigenvalue weighted by molar-refractivity contribution is -0.155. The van der Waals surface area contributed by atoms with Crippen LogP contribution in [-0.4, -0.2) is 59.1 Å². The molecule has 0 unspecified atom stereocenters. The van der Waals surface area contributed by atoms with E-state index in [0.29, 0.717) is 12.8 Å². The summed E-state index contributed by atoms with van der Waals surface area (Å²) in [5, 5.41) is 12.5. The average Bonchev–Trinajstić information content (AvgIpc) is 2.95. The Balaban J connectivity index is 2.41. The Bertz CT molecular complexity index is 724. The summed E-state index contributed by atoms with van der Waals surface area (Å²) in [6.07, 6.45) is 5.79. The molecule has 7 heteroatoms. The van der Waals surface area contributed by atoms with E-state index in [1.54, 1.807) is 11.8 Å². The topological polar surface area (TPSA) is 95.9 Å². The van der Waals surface area contributed by atoms with Gasteiger partial charge in [0.2, 0.25) is 11.8 Å². The summed E-state index contributed by atoms with van der Waals surface area (Å²) in [5.41, 5.74) is -0.431. The maximum atomic E-state index is 13.6. The first kappa shape index (κ1) is 26.4. The van der Waals surface area contributed by atoms with E-state index in [4.69, 9.17) is 4.74 Å². The van der Waals surface area contributed by atoms with Crippen molar-refractivity contribution < 1.29 is 24.2 Å². The molecule has 0 aromatic carbocycles. The van der Waals surface area contributed by atoms with E-state index in [1.807, 2.05) is 32.9 Å². The fraction of sp³-hybridized carbons (Fsp3) is 0.800. The first-order valence-electron chi connectivity index (χ1n) is 11.9. The molecule has 0 saturated carbocycles. The van der Waals surface area contributed by atoms with Gasteiger partial charge in [0.25, 0.3) is 0 Å². The fourth-order valence-corrected chi connectivity index (χ4v) is 5.71. The monoisotopic (exact) mass is 450 g/mol. The van der Waals surface area contributed by atoms with Gasteiger partial charge in [0, 0.05) is 24.6 Å². The Labute approximate surface area is 192 Å². The van der Waals surface area contributed by atoms with Gasteiger partial charge in [-0.1, -0.05) is 39.8 Å². The van der Waals surface area contributed by atoms with Crippen LogP contribution in [0.2, 0.25) is 0 Å². The molecule has 1 aliphatic heterocycles. The molecule has 2 N–H and O–H groups in total. The third-order valence-corrected chi connectivity index (χ3v) is 6.40. The normalized spacial score (nSPS) is 27.9. The number of likely N-dealkylation sites (tertiary alicyclic amines) is 1. The van der Waals surface area contributed by atoms with Gasteiger partial charge in [0.05, 0.1) is 18.4 Å². The molecule has 1 heterocycles. The highest BCUT2D eigenvalue weighted by Gasteiger charge is 2.57. The first-order valence-corrected chi connectivity index (χ1v) is 11.9. The zero-order valence-corrected chi connectivity index (χ0v) is 20.8. The smallest absolute Gasteiger partial charge is 0.310 e. The molecular weight excluding hydrogens is 408 g/mol. The lowest BCUT2D eigenvalue weighted by Crippen LogP contribution is -2.54. The molecule has 1 fully saturated rings. The summed E-state index contributed by atoms with van der Waals surface area (Å²) in [6, 6.07) is -0.704. The standard InChI is InChI=1S/C25H42N2O5/c1-8-16-11-12-17-19(18(16)23(31)32-9-2)22(30)27(13-10-14-28)20(17)21(29)26-25(6,7)15-24(3,4)5/h11-12,16-20,28H,8-10,13-15H2,1-7H3,(H,26,29)/t16-,17+,18-,19+,20+/m1/s1. The number of carbonyl (C=O) groups excluding carboxylic acids is 3. The molecule has 1 saturated heterocycles. The van der Waals surface area contributed by atoms with Crippen LogP contribution in [0.3, 0.4) is 0 Å². The van der Waals surface area contributed by atoms with Crippen molar-refractivity contribution in [2.45, 2.75) is 79.3 Å². The lowest BCUT2D eigenvalue weighted by atomic mass is 9.69. The second kappa shape index (κ2) is 10.4. The van der Waals surface area contributed by atoms with Crippen molar-refractivity contribution in [2.75, 3.05) is 19.8 Å². The summed E-state index contributed by atoms with van der Waals surface area (Å²) in [7, 11) is 0. The molecule has 0 bridgehead atoms. The molecule has 32 heavy (non-hydrogen) atoms. The van der Waals surface area contributed by atoms with Crippen LogP contribution in [0.4, 0.5) is 0 Å². The van der Waals surface area contributed by atoms with Gasteiger partial charge >= 0.3 is 5.97 Å². The Kier molecular flexibility index (Phi) is 8.54. The third-order valence-electron chi connectivity index (χ3n) is 6.40. The quantitative estimate of drug-likeness (QED) is 0.416. The van der Waals surface area contributed by atoms with Crippen molar-refractivity contribution in [2.24, 2.45) is 29.1 Å². The SMILES string of the molecule is CCOC(=O)[C@H]1[C@H]2C(=O)N(CCCO)[C@H](C(=O)NC(C)(C)CC(C)(C)C)[C@H]2C=C[C@H]1CC. The molecule has 2 amide bonds. The van der Waals surface area contributed by atoms with Crippen LogP contribution >= 0.6 is 0 Å². The summed E-state index contributed by atoms with van der Waals surface area (Å²) >= 11 is 0. The van der Waals surface area contributed by atoms with E-state index in [-0.39, 0.29) is 48.9 Å². The molecule has 5 atom stereocenters. The van der Waals surface area contributed by atoms with Gasteiger partial charge in [-0.05, 0) is 51.4 Å². The summed E-state index contributed by atoms with van der Waals surface area (Å²) < 4.78 is 5.33. The number of nitrogens with one attached hydrogen (secondary N) is 1. The first-order chi connectivity index (χ1) is 14.9. The minimum absolute atomic E-state index is 0.0233. The number of allylic oxidation sites excluding steroid dienone is 1. The van der Waals surface area contributed by atoms with Crippen LogP contribution in [0, 0.1) is 29.1 Å². The van der Waals surface area contributed by atoms with Crippen LogP contribution < -0.4 is 5.32 Å². The van der Waals surface area contributed by atoms with Crippen LogP contribution in [0.15, 0.2) is 12.2 Å². The van der Waals surface area contributed by atoms with Crippen LogP contribution in [-0.2, 0) is 19.1 Å². The Morgan fingerprint density at radius 3 is 2.34 bits per heavy atom. The summed E-state index contributed by atoms with van der Waals surface area (Å²) in [4.78, 5) is 41.6. The van der Waals surface area contributed by atoms with Crippen LogP contribution in [0.25, 0.3) is 0 Å². The molecular formula is C25H42N2O5. The maximum absolute atomic E-state index is 13.6. The second-order valence-electron chi connectivity index (χ2n) is 11.0. The number of fused-ring (bicyclic) bond motifs is 1. The van der Waals surface area contributed by atoms with Gasteiger partial charge in [0.15, 0.2) is 0 Å². The van der Waals surface area contributed by atoms with Crippen molar-refractivity contribution in [3.8, 4) is 0 Å². The molecule has 0 spiro atoms. The number of rotatable bonds is 9. The van der Waals surface area contributed by atoms with E-state index >= 15 is 0 Å². The highest BCUT2D eigenvalue weighted by atomic mass is 16.5. The van der Waals surface area contributed by atoms with E-state index in [2.05, 4.69) is 26.1 Å². The van der Waals surface area contributed by atoms with E-state index < -0.39 is 29.3 Å². The predicted molar refractivity (Wildman–Crippen MR) is 124 cm³/mol. The molecule has 0 aromatic rings. The summed E-state index contributed by atoms with van der Waals surface area (Å²) in [6.45, 7) is 14.6. The molecule has 0 radical (unpaired) electrons. The maximum Gasteiger partial charge on any atom is 0.310 e. The van der Waals surface area contributed by atoms with E-state index in [9.17, 15) is 19.5 Å². The highest BCUT2D eigenvalue weighted by Crippen LogP contribution is 2.45. The number of nitrogens with zero attached hydrogens (tertiary/aromatic N) is 1. The Morgan fingerprint density at radius 2 is 1.81 bits per heavy atom. The Morgan fingerprint density at radius 1 is 1.16 bits per heavy atom. The number of esters is 1. The fourth-order valence-electron chi connectivity index (χ4n) is 5.71. The van der Waals surface area contributed by atoms with Crippen LogP contribution in [0.5, 0.6) is 0 Å².